The molecule has 0 fully saturated rings. The van der Waals surface area contributed by atoms with E-state index in [9.17, 15) is 4.39 Å². The molecule has 0 atom stereocenters. The molecule has 2 rings (SSSR count). The van der Waals surface area contributed by atoms with Crippen molar-refractivity contribution in [1.29, 1.82) is 0 Å². The van der Waals surface area contributed by atoms with Crippen LogP contribution in [0.2, 0.25) is 10.0 Å². The molecule has 0 saturated heterocycles. The van der Waals surface area contributed by atoms with Crippen molar-refractivity contribution in [3.05, 3.63) is 49.9 Å². The van der Waals surface area contributed by atoms with Crippen molar-refractivity contribution in [3.8, 4) is 0 Å². The zero-order chi connectivity index (χ0) is 14.9. The second-order valence-electron chi connectivity index (χ2n) is 5.61. The first-order valence-corrected chi connectivity index (χ1v) is 7.82. The Labute approximate surface area is 132 Å². The second kappa shape index (κ2) is 5.92. The molecule has 0 amide bonds. The lowest BCUT2D eigenvalue weighted by Crippen LogP contribution is -2.07. The molecule has 0 radical (unpaired) electrons. The van der Waals surface area contributed by atoms with E-state index in [4.69, 9.17) is 23.2 Å². The first kappa shape index (κ1) is 15.6. The monoisotopic (exact) mass is 331 g/mol. The van der Waals surface area contributed by atoms with E-state index >= 15 is 0 Å². The molecule has 1 N–H and O–H groups in total. The summed E-state index contributed by atoms with van der Waals surface area (Å²) in [4.78, 5) is 2.51. The van der Waals surface area contributed by atoms with E-state index in [0.29, 0.717) is 22.3 Å². The Morgan fingerprint density at radius 3 is 2.25 bits per heavy atom. The normalized spacial score (nSPS) is 11.7. The molecule has 1 nitrogen and oxygen atoms in total. The van der Waals surface area contributed by atoms with Gasteiger partial charge in [0.25, 0.3) is 0 Å². The molecule has 0 saturated carbocycles. The molecule has 0 aliphatic rings. The number of hydrogen-bond donors (Lipinski definition) is 1. The van der Waals surface area contributed by atoms with Gasteiger partial charge in [0.15, 0.2) is 0 Å². The number of benzene rings is 1. The summed E-state index contributed by atoms with van der Waals surface area (Å²) in [6.07, 6.45) is 0. The van der Waals surface area contributed by atoms with Gasteiger partial charge in [-0.2, -0.15) is 0 Å². The van der Waals surface area contributed by atoms with E-state index in [1.807, 2.05) is 0 Å². The van der Waals surface area contributed by atoms with Gasteiger partial charge in [-0.15, -0.1) is 11.3 Å². The van der Waals surface area contributed by atoms with Crippen LogP contribution in [0.1, 0.15) is 30.5 Å². The number of hydrogen-bond acceptors (Lipinski definition) is 2. The number of rotatable bonds is 3. The predicted octanol–water partition coefficient (Wildman–Crippen LogP) is 6.10. The van der Waals surface area contributed by atoms with Crippen LogP contribution >= 0.6 is 34.5 Å². The van der Waals surface area contributed by atoms with Gasteiger partial charge in [-0.1, -0.05) is 44.0 Å². The number of thiophene rings is 1. The largest absolute Gasteiger partial charge is 0.378 e. The molecule has 0 bridgehead atoms. The lowest BCUT2D eigenvalue weighted by atomic mass is 9.95. The molecule has 0 aliphatic heterocycles. The Morgan fingerprint density at radius 1 is 1.15 bits per heavy atom. The van der Waals surface area contributed by atoms with Crippen molar-refractivity contribution in [1.82, 2.24) is 0 Å². The van der Waals surface area contributed by atoms with Crippen LogP contribution in [-0.4, -0.2) is 0 Å². The van der Waals surface area contributed by atoms with E-state index < -0.39 is 5.82 Å². The first-order chi connectivity index (χ1) is 9.27. The van der Waals surface area contributed by atoms with Crippen molar-refractivity contribution in [2.24, 2.45) is 0 Å². The highest BCUT2D eigenvalue weighted by atomic mass is 35.5. The minimum Gasteiger partial charge on any atom is -0.378 e. The van der Waals surface area contributed by atoms with E-state index in [0.717, 1.165) is 0 Å². The third-order valence-corrected chi connectivity index (χ3v) is 4.95. The number of nitrogens with one attached hydrogen (secondary N) is 1. The highest BCUT2D eigenvalue weighted by molar-refractivity contribution is 7.12. The summed E-state index contributed by atoms with van der Waals surface area (Å²) in [7, 11) is 0. The fraction of sp³-hybridized carbons (Fsp3) is 0.333. The molecule has 0 unspecified atom stereocenters. The van der Waals surface area contributed by atoms with Crippen molar-refractivity contribution in [2.45, 2.75) is 32.7 Å². The summed E-state index contributed by atoms with van der Waals surface area (Å²) in [5.41, 5.74) is 0.717. The molecular formula is C15H16Cl2FNS. The van der Waals surface area contributed by atoms with E-state index in [-0.39, 0.29) is 5.41 Å². The first-order valence-electron chi connectivity index (χ1n) is 6.25. The zero-order valence-electron chi connectivity index (χ0n) is 11.6. The van der Waals surface area contributed by atoms with Gasteiger partial charge < -0.3 is 5.32 Å². The van der Waals surface area contributed by atoms with Crippen molar-refractivity contribution < 1.29 is 4.39 Å². The predicted molar refractivity (Wildman–Crippen MR) is 86.8 cm³/mol. The van der Waals surface area contributed by atoms with Crippen LogP contribution in [0.3, 0.4) is 0 Å². The molecular weight excluding hydrogens is 316 g/mol. The average molecular weight is 332 g/mol. The van der Waals surface area contributed by atoms with Crippen LogP contribution in [0.5, 0.6) is 0 Å². The Bertz CT molecular complexity index is 594. The molecule has 0 spiro atoms. The Morgan fingerprint density at radius 2 is 1.75 bits per heavy atom. The van der Waals surface area contributed by atoms with Crippen LogP contribution in [0, 0.1) is 5.82 Å². The van der Waals surface area contributed by atoms with Gasteiger partial charge in [0.1, 0.15) is 5.82 Å². The van der Waals surface area contributed by atoms with Gasteiger partial charge in [-0.05, 0) is 29.7 Å². The van der Waals surface area contributed by atoms with Crippen molar-refractivity contribution in [2.75, 3.05) is 5.32 Å². The third kappa shape index (κ3) is 3.66. The van der Waals surface area contributed by atoms with Gasteiger partial charge in [0, 0.05) is 16.3 Å². The topological polar surface area (TPSA) is 12.0 Å². The highest BCUT2D eigenvalue weighted by Crippen LogP contribution is 2.33. The Hall–Kier alpha value is -0.770. The maximum atomic E-state index is 13.1. The van der Waals surface area contributed by atoms with Crippen LogP contribution in [0.25, 0.3) is 0 Å². The van der Waals surface area contributed by atoms with Crippen LogP contribution in [0.15, 0.2) is 24.3 Å². The summed E-state index contributed by atoms with van der Waals surface area (Å²) >= 11 is 13.7. The maximum Gasteiger partial charge on any atom is 0.126 e. The fourth-order valence-corrected chi connectivity index (χ4v) is 3.36. The summed E-state index contributed by atoms with van der Waals surface area (Å²) in [6, 6.07) is 6.73. The average Bonchev–Trinajstić information content (AvgIpc) is 2.75. The molecule has 1 heterocycles. The zero-order valence-corrected chi connectivity index (χ0v) is 13.9. The summed E-state index contributed by atoms with van der Waals surface area (Å²) in [6.45, 7) is 7.17. The van der Waals surface area contributed by atoms with Gasteiger partial charge >= 0.3 is 0 Å². The van der Waals surface area contributed by atoms with Crippen LogP contribution in [-0.2, 0) is 12.0 Å². The molecule has 1 aromatic carbocycles. The van der Waals surface area contributed by atoms with Gasteiger partial charge in [-0.25, -0.2) is 4.39 Å². The van der Waals surface area contributed by atoms with Crippen LogP contribution in [0.4, 0.5) is 10.1 Å². The molecule has 2 aromatic rings. The van der Waals surface area contributed by atoms with Crippen LogP contribution < -0.4 is 5.32 Å². The standard InChI is InChI=1S/C15H16Cl2FNS/c1-15(2,3)13-5-4-10(20-13)8-19-14-11(16)6-9(18)7-12(14)17/h4-7,19H,8H2,1-3H3. The minimum absolute atomic E-state index is 0.147. The third-order valence-electron chi connectivity index (χ3n) is 2.85. The van der Waals surface area contributed by atoms with E-state index in [2.05, 4.69) is 38.2 Å². The van der Waals surface area contributed by atoms with Gasteiger partial charge in [0.05, 0.1) is 15.7 Å². The number of anilines is 1. The van der Waals surface area contributed by atoms with E-state index in [1.165, 1.54) is 21.9 Å². The van der Waals surface area contributed by atoms with E-state index in [1.54, 1.807) is 11.3 Å². The molecule has 0 aliphatic carbocycles. The van der Waals surface area contributed by atoms with Crippen molar-refractivity contribution in [3.63, 3.8) is 0 Å². The lowest BCUT2D eigenvalue weighted by molar-refractivity contribution is 0.604. The maximum absolute atomic E-state index is 13.1. The fourth-order valence-electron chi connectivity index (χ4n) is 1.76. The smallest absolute Gasteiger partial charge is 0.126 e. The molecule has 5 heteroatoms. The molecule has 108 valence electrons. The summed E-state index contributed by atoms with van der Waals surface area (Å²) < 4.78 is 13.1. The second-order valence-corrected chi connectivity index (χ2v) is 7.60. The highest BCUT2D eigenvalue weighted by Gasteiger charge is 2.16. The molecule has 1 aromatic heterocycles. The minimum atomic E-state index is -0.434. The lowest BCUT2D eigenvalue weighted by Gasteiger charge is -2.15. The SMILES string of the molecule is CC(C)(C)c1ccc(CNc2c(Cl)cc(F)cc2Cl)s1. The summed E-state index contributed by atoms with van der Waals surface area (Å²) in [5, 5.41) is 3.76. The Balaban J connectivity index is 2.12. The Kier molecular flexibility index (Phi) is 4.62. The van der Waals surface area contributed by atoms with Gasteiger partial charge in [-0.3, -0.25) is 0 Å². The molecule has 20 heavy (non-hydrogen) atoms. The van der Waals surface area contributed by atoms with Gasteiger partial charge in [0.2, 0.25) is 0 Å². The quantitative estimate of drug-likeness (QED) is 0.716. The summed E-state index contributed by atoms with van der Waals surface area (Å²) in [5.74, 6) is -0.434. The number of halogens is 3. The van der Waals surface area contributed by atoms with Crippen molar-refractivity contribution >= 4 is 40.2 Å².